The highest BCUT2D eigenvalue weighted by molar-refractivity contribution is 6.01. The van der Waals surface area contributed by atoms with Crippen LogP contribution in [-0.2, 0) is 0 Å². The van der Waals surface area contributed by atoms with E-state index in [-0.39, 0.29) is 5.82 Å². The molecule has 7 heteroatoms. The molecule has 3 aromatic rings. The van der Waals surface area contributed by atoms with Gasteiger partial charge >= 0.3 is 0 Å². The molecule has 0 radical (unpaired) electrons. The normalized spacial score (nSPS) is 10.8. The lowest BCUT2D eigenvalue weighted by Gasteiger charge is -2.01. The lowest BCUT2D eigenvalue weighted by atomic mass is 10.3. The summed E-state index contributed by atoms with van der Waals surface area (Å²) in [5.74, 6) is -0.593. The SMILES string of the molecule is Cc1cc(C)n2nc(C(=O)Nc3cccc(F)c3)nc2n1. The number of nitrogens with one attached hydrogen (secondary N) is 1. The summed E-state index contributed by atoms with van der Waals surface area (Å²) in [6, 6.07) is 7.47. The Morgan fingerprint density at radius 1 is 1.24 bits per heavy atom. The van der Waals surface area contributed by atoms with E-state index < -0.39 is 11.7 Å². The number of carbonyl (C=O) groups excluding carboxylic acids is 1. The van der Waals surface area contributed by atoms with Crippen molar-refractivity contribution in [2.75, 3.05) is 5.32 Å². The van der Waals surface area contributed by atoms with Crippen molar-refractivity contribution in [3.05, 3.63) is 53.4 Å². The number of hydrogen-bond acceptors (Lipinski definition) is 4. The zero-order valence-electron chi connectivity index (χ0n) is 11.5. The molecule has 2 aromatic heterocycles. The predicted octanol–water partition coefficient (Wildman–Crippen LogP) is 2.13. The summed E-state index contributed by atoms with van der Waals surface area (Å²) in [7, 11) is 0. The van der Waals surface area contributed by atoms with Gasteiger partial charge in [0.25, 0.3) is 11.7 Å². The summed E-state index contributed by atoms with van der Waals surface area (Å²) in [5.41, 5.74) is 1.97. The van der Waals surface area contributed by atoms with Gasteiger partial charge in [-0.1, -0.05) is 6.07 Å². The van der Waals surface area contributed by atoms with Crippen molar-refractivity contribution in [3.63, 3.8) is 0 Å². The molecule has 0 aliphatic carbocycles. The van der Waals surface area contributed by atoms with Crippen LogP contribution in [-0.4, -0.2) is 25.5 Å². The minimum Gasteiger partial charge on any atom is -0.319 e. The monoisotopic (exact) mass is 285 g/mol. The van der Waals surface area contributed by atoms with E-state index in [2.05, 4.69) is 20.4 Å². The number of nitrogens with zero attached hydrogens (tertiary/aromatic N) is 4. The summed E-state index contributed by atoms with van der Waals surface area (Å²) in [4.78, 5) is 20.4. The van der Waals surface area contributed by atoms with Gasteiger partial charge in [-0.25, -0.2) is 13.9 Å². The highest BCUT2D eigenvalue weighted by Crippen LogP contribution is 2.11. The minimum absolute atomic E-state index is 0.0135. The first-order valence-electron chi connectivity index (χ1n) is 6.31. The lowest BCUT2D eigenvalue weighted by Crippen LogP contribution is -2.14. The molecule has 0 fully saturated rings. The minimum atomic E-state index is -0.511. The molecule has 2 heterocycles. The summed E-state index contributed by atoms with van der Waals surface area (Å²) in [5, 5.41) is 6.66. The lowest BCUT2D eigenvalue weighted by molar-refractivity contribution is 0.101. The zero-order chi connectivity index (χ0) is 15.0. The number of aryl methyl sites for hydroxylation is 2. The molecule has 0 unspecified atom stereocenters. The zero-order valence-corrected chi connectivity index (χ0v) is 11.5. The second-order valence-corrected chi connectivity index (χ2v) is 4.65. The fourth-order valence-electron chi connectivity index (χ4n) is 2.02. The van der Waals surface area contributed by atoms with Gasteiger partial charge in [-0.3, -0.25) is 4.79 Å². The van der Waals surface area contributed by atoms with Gasteiger partial charge in [0.15, 0.2) is 0 Å². The van der Waals surface area contributed by atoms with E-state index in [0.717, 1.165) is 11.4 Å². The van der Waals surface area contributed by atoms with Gasteiger partial charge in [-0.15, -0.1) is 5.10 Å². The van der Waals surface area contributed by atoms with Gasteiger partial charge in [0.2, 0.25) is 5.82 Å². The molecule has 6 nitrogen and oxygen atoms in total. The molecule has 106 valence electrons. The van der Waals surface area contributed by atoms with Crippen molar-refractivity contribution in [2.45, 2.75) is 13.8 Å². The van der Waals surface area contributed by atoms with Crippen molar-refractivity contribution >= 4 is 17.4 Å². The van der Waals surface area contributed by atoms with Gasteiger partial charge in [-0.05, 0) is 38.1 Å². The molecular weight excluding hydrogens is 273 g/mol. The fourth-order valence-corrected chi connectivity index (χ4v) is 2.02. The highest BCUT2D eigenvalue weighted by Gasteiger charge is 2.15. The van der Waals surface area contributed by atoms with Gasteiger partial charge in [0.1, 0.15) is 5.82 Å². The fraction of sp³-hybridized carbons (Fsp3) is 0.143. The van der Waals surface area contributed by atoms with Gasteiger partial charge in [0.05, 0.1) is 0 Å². The molecule has 0 saturated carbocycles. The Hall–Kier alpha value is -2.83. The molecule has 0 aliphatic heterocycles. The summed E-state index contributed by atoms with van der Waals surface area (Å²) >= 11 is 0. The number of carbonyl (C=O) groups is 1. The molecule has 1 aromatic carbocycles. The van der Waals surface area contributed by atoms with Crippen LogP contribution in [0, 0.1) is 19.7 Å². The maximum absolute atomic E-state index is 13.1. The largest absolute Gasteiger partial charge is 0.319 e. The van der Waals surface area contributed by atoms with E-state index in [1.54, 1.807) is 6.07 Å². The van der Waals surface area contributed by atoms with Gasteiger partial charge in [0, 0.05) is 17.1 Å². The Balaban J connectivity index is 1.93. The standard InChI is InChI=1S/C14H12FN5O/c1-8-6-9(2)20-14(16-8)18-12(19-20)13(21)17-11-5-3-4-10(15)7-11/h3-7H,1-2H3,(H,17,21). The third-order valence-corrected chi connectivity index (χ3v) is 2.90. The van der Waals surface area contributed by atoms with Crippen LogP contribution >= 0.6 is 0 Å². The first kappa shape index (κ1) is 13.2. The Labute approximate surface area is 119 Å². The van der Waals surface area contributed by atoms with Gasteiger partial charge < -0.3 is 5.32 Å². The molecule has 0 saturated heterocycles. The molecule has 1 N–H and O–H groups in total. The van der Waals surface area contributed by atoms with Crippen molar-refractivity contribution in [1.82, 2.24) is 19.6 Å². The second kappa shape index (κ2) is 4.93. The summed E-state index contributed by atoms with van der Waals surface area (Å²) in [6.45, 7) is 3.69. The summed E-state index contributed by atoms with van der Waals surface area (Å²) < 4.78 is 14.6. The first-order valence-corrected chi connectivity index (χ1v) is 6.31. The van der Waals surface area contributed by atoms with Crippen molar-refractivity contribution in [3.8, 4) is 0 Å². The van der Waals surface area contributed by atoms with Crippen molar-refractivity contribution in [1.29, 1.82) is 0 Å². The number of halogens is 1. The number of aromatic nitrogens is 4. The van der Waals surface area contributed by atoms with E-state index in [9.17, 15) is 9.18 Å². The Morgan fingerprint density at radius 2 is 2.05 bits per heavy atom. The molecule has 0 spiro atoms. The molecule has 0 bridgehead atoms. The first-order chi connectivity index (χ1) is 10.0. The second-order valence-electron chi connectivity index (χ2n) is 4.65. The van der Waals surface area contributed by atoms with E-state index in [1.807, 2.05) is 19.9 Å². The Morgan fingerprint density at radius 3 is 2.81 bits per heavy atom. The van der Waals surface area contributed by atoms with Crippen molar-refractivity contribution in [2.24, 2.45) is 0 Å². The topological polar surface area (TPSA) is 72.2 Å². The van der Waals surface area contributed by atoms with Crippen LogP contribution in [0.2, 0.25) is 0 Å². The number of hydrogen-bond donors (Lipinski definition) is 1. The van der Waals surface area contributed by atoms with Crippen LogP contribution in [0.1, 0.15) is 22.0 Å². The molecular formula is C14H12FN5O. The molecule has 0 aliphatic rings. The van der Waals surface area contributed by atoms with Crippen LogP contribution < -0.4 is 5.32 Å². The number of fused-ring (bicyclic) bond motifs is 1. The third kappa shape index (κ3) is 2.58. The summed E-state index contributed by atoms with van der Waals surface area (Å²) in [6.07, 6.45) is 0. The maximum Gasteiger partial charge on any atom is 0.295 e. The average molecular weight is 285 g/mol. The van der Waals surface area contributed by atoms with Gasteiger partial charge in [-0.2, -0.15) is 4.98 Å². The molecule has 1 amide bonds. The number of rotatable bonds is 2. The van der Waals surface area contributed by atoms with Crippen LogP contribution in [0.3, 0.4) is 0 Å². The van der Waals surface area contributed by atoms with Crippen LogP contribution in [0.15, 0.2) is 30.3 Å². The Bertz CT molecular complexity index is 842. The highest BCUT2D eigenvalue weighted by atomic mass is 19.1. The molecule has 3 rings (SSSR count). The van der Waals surface area contributed by atoms with E-state index in [4.69, 9.17) is 0 Å². The van der Waals surface area contributed by atoms with Crippen molar-refractivity contribution < 1.29 is 9.18 Å². The quantitative estimate of drug-likeness (QED) is 0.783. The average Bonchev–Trinajstić information content (AvgIpc) is 2.83. The van der Waals surface area contributed by atoms with E-state index in [1.165, 1.54) is 22.7 Å². The maximum atomic E-state index is 13.1. The van der Waals surface area contributed by atoms with Crippen LogP contribution in [0.25, 0.3) is 5.78 Å². The van der Waals surface area contributed by atoms with E-state index in [0.29, 0.717) is 11.5 Å². The number of amides is 1. The number of anilines is 1. The third-order valence-electron chi connectivity index (χ3n) is 2.90. The van der Waals surface area contributed by atoms with Crippen LogP contribution in [0.5, 0.6) is 0 Å². The Kier molecular flexibility index (Phi) is 3.09. The van der Waals surface area contributed by atoms with Crippen LogP contribution in [0.4, 0.5) is 10.1 Å². The van der Waals surface area contributed by atoms with E-state index >= 15 is 0 Å². The predicted molar refractivity (Wildman–Crippen MR) is 74.6 cm³/mol. The smallest absolute Gasteiger partial charge is 0.295 e. The molecule has 0 atom stereocenters. The number of benzene rings is 1. The molecule has 21 heavy (non-hydrogen) atoms.